The van der Waals surface area contributed by atoms with E-state index in [1.54, 1.807) is 55.6 Å². The largest absolute Gasteiger partial charge is 0.497 e. The highest BCUT2D eigenvalue weighted by atomic mass is 32.2. The minimum absolute atomic E-state index is 0.359. The maximum Gasteiger partial charge on any atom is 0.260 e. The van der Waals surface area contributed by atoms with E-state index in [-0.39, 0.29) is 0 Å². The van der Waals surface area contributed by atoms with Gasteiger partial charge in [-0.05, 0) is 48.9 Å². The number of methoxy groups -OCH3 is 1. The third kappa shape index (κ3) is 6.27. The number of hydrogen-bond donors (Lipinski definition) is 1. The molecule has 1 N–H and O–H groups in total. The van der Waals surface area contributed by atoms with Gasteiger partial charge in [-0.1, -0.05) is 12.1 Å². The van der Waals surface area contributed by atoms with Crippen LogP contribution in [0.3, 0.4) is 0 Å². The van der Waals surface area contributed by atoms with Crippen molar-refractivity contribution in [1.29, 1.82) is 0 Å². The van der Waals surface area contributed by atoms with Crippen molar-refractivity contribution < 1.29 is 22.7 Å². The van der Waals surface area contributed by atoms with Crippen LogP contribution >= 0.6 is 0 Å². The van der Waals surface area contributed by atoms with Crippen molar-refractivity contribution in [2.45, 2.75) is 6.92 Å². The molecule has 0 fully saturated rings. The van der Waals surface area contributed by atoms with E-state index in [4.69, 9.17) is 9.47 Å². The molecule has 0 saturated carbocycles. The molecule has 0 aliphatic carbocycles. The van der Waals surface area contributed by atoms with Crippen LogP contribution in [-0.4, -0.2) is 47.1 Å². The molecule has 0 spiro atoms. The van der Waals surface area contributed by atoms with Crippen molar-refractivity contribution >= 4 is 27.8 Å². The summed E-state index contributed by atoms with van der Waals surface area (Å²) in [5.74, 6) is 0.708. The molecule has 8 nitrogen and oxygen atoms in total. The molecule has 0 aliphatic heterocycles. The molecule has 9 heteroatoms. The van der Waals surface area contributed by atoms with Gasteiger partial charge in [-0.3, -0.25) is 9.10 Å². The van der Waals surface area contributed by atoms with Crippen LogP contribution in [0.1, 0.15) is 12.5 Å². The monoisotopic (exact) mass is 405 g/mol. The molecule has 0 radical (unpaired) electrons. The standard InChI is InChI=1S/C19H23N3O5S/c1-4-27-17-10-8-16(9-11-17)22(28(3,24)25)14-19(23)21-20-13-15-6-5-7-18(12-15)26-2/h5-13H,4,14H2,1-3H3,(H,21,23)/b20-13-. The highest BCUT2D eigenvalue weighted by molar-refractivity contribution is 7.92. The number of carbonyl (C=O) groups is 1. The molecule has 0 aliphatic rings. The highest BCUT2D eigenvalue weighted by Crippen LogP contribution is 2.21. The zero-order valence-corrected chi connectivity index (χ0v) is 16.8. The van der Waals surface area contributed by atoms with E-state index in [0.717, 1.165) is 16.1 Å². The number of rotatable bonds is 9. The van der Waals surface area contributed by atoms with E-state index in [2.05, 4.69) is 10.5 Å². The van der Waals surface area contributed by atoms with E-state index in [1.165, 1.54) is 6.21 Å². The van der Waals surface area contributed by atoms with Crippen molar-refractivity contribution in [3.8, 4) is 11.5 Å². The molecule has 1 amide bonds. The van der Waals surface area contributed by atoms with Gasteiger partial charge in [0.1, 0.15) is 18.0 Å². The lowest BCUT2D eigenvalue weighted by Crippen LogP contribution is -2.39. The summed E-state index contributed by atoms with van der Waals surface area (Å²) < 4.78 is 35.7. The lowest BCUT2D eigenvalue weighted by atomic mass is 10.2. The van der Waals surface area contributed by atoms with Gasteiger partial charge in [-0.2, -0.15) is 5.10 Å². The van der Waals surface area contributed by atoms with E-state index >= 15 is 0 Å². The number of amides is 1. The Hall–Kier alpha value is -3.07. The van der Waals surface area contributed by atoms with Crippen molar-refractivity contribution in [1.82, 2.24) is 5.43 Å². The predicted octanol–water partition coefficient (Wildman–Crippen LogP) is 2.01. The number of sulfonamides is 1. The van der Waals surface area contributed by atoms with E-state index < -0.39 is 22.5 Å². The predicted molar refractivity (Wildman–Crippen MR) is 109 cm³/mol. The fraction of sp³-hybridized carbons (Fsp3) is 0.263. The van der Waals surface area contributed by atoms with Gasteiger partial charge in [-0.15, -0.1) is 0 Å². The van der Waals surface area contributed by atoms with Crippen molar-refractivity contribution in [3.63, 3.8) is 0 Å². The van der Waals surface area contributed by atoms with Gasteiger partial charge in [0.05, 0.1) is 31.9 Å². The number of hydrogen-bond acceptors (Lipinski definition) is 6. The molecule has 0 heterocycles. The molecule has 28 heavy (non-hydrogen) atoms. The first-order chi connectivity index (χ1) is 13.3. The topological polar surface area (TPSA) is 97.3 Å². The second-order valence-corrected chi connectivity index (χ2v) is 7.67. The number of hydrazone groups is 1. The van der Waals surface area contributed by atoms with Crippen LogP contribution in [0, 0.1) is 0 Å². The molecule has 150 valence electrons. The van der Waals surface area contributed by atoms with Crippen LogP contribution in [0.15, 0.2) is 53.6 Å². The Morgan fingerprint density at radius 1 is 1.18 bits per heavy atom. The summed E-state index contributed by atoms with van der Waals surface area (Å²) in [5, 5.41) is 3.86. The lowest BCUT2D eigenvalue weighted by molar-refractivity contribution is -0.119. The maximum atomic E-state index is 12.2. The van der Waals surface area contributed by atoms with Crippen molar-refractivity contribution in [2.75, 3.05) is 30.8 Å². The Kier molecular flexibility index (Phi) is 7.39. The molecule has 0 atom stereocenters. The number of carbonyl (C=O) groups excluding carboxylic acids is 1. The third-order valence-corrected chi connectivity index (χ3v) is 4.76. The van der Waals surface area contributed by atoms with Gasteiger partial charge < -0.3 is 9.47 Å². The Morgan fingerprint density at radius 2 is 1.89 bits per heavy atom. The summed E-state index contributed by atoms with van der Waals surface area (Å²) in [6.45, 7) is 1.96. The number of anilines is 1. The van der Waals surface area contributed by atoms with E-state index in [1.807, 2.05) is 6.92 Å². The SMILES string of the molecule is CCOc1ccc(N(CC(=O)N/N=C\c2cccc(OC)c2)S(C)(=O)=O)cc1. The normalized spacial score (nSPS) is 11.2. The van der Waals surface area contributed by atoms with Gasteiger partial charge in [0.25, 0.3) is 5.91 Å². The minimum Gasteiger partial charge on any atom is -0.497 e. The molecule has 2 aromatic carbocycles. The zero-order chi connectivity index (χ0) is 20.6. The number of benzene rings is 2. The molecule has 0 bridgehead atoms. The number of nitrogens with zero attached hydrogens (tertiary/aromatic N) is 2. The van der Waals surface area contributed by atoms with Gasteiger partial charge in [0, 0.05) is 0 Å². The van der Waals surface area contributed by atoms with Crippen LogP contribution < -0.4 is 19.2 Å². The fourth-order valence-electron chi connectivity index (χ4n) is 2.34. The smallest absolute Gasteiger partial charge is 0.260 e. The molecule has 2 aromatic rings. The third-order valence-electron chi connectivity index (χ3n) is 3.62. The van der Waals surface area contributed by atoms with Crippen LogP contribution in [0.2, 0.25) is 0 Å². The van der Waals surface area contributed by atoms with Gasteiger partial charge in [0.15, 0.2) is 0 Å². The van der Waals surface area contributed by atoms with E-state index in [0.29, 0.717) is 23.8 Å². The van der Waals surface area contributed by atoms with Crippen molar-refractivity contribution in [2.24, 2.45) is 5.10 Å². The van der Waals surface area contributed by atoms with Crippen molar-refractivity contribution in [3.05, 3.63) is 54.1 Å². The van der Waals surface area contributed by atoms with E-state index in [9.17, 15) is 13.2 Å². The van der Waals surface area contributed by atoms with Crippen LogP contribution in [0.5, 0.6) is 11.5 Å². The zero-order valence-electron chi connectivity index (χ0n) is 16.0. The summed E-state index contributed by atoms with van der Waals surface area (Å²) in [6.07, 6.45) is 2.48. The highest BCUT2D eigenvalue weighted by Gasteiger charge is 2.20. The summed E-state index contributed by atoms with van der Waals surface area (Å²) in [7, 11) is -2.11. The maximum absolute atomic E-state index is 12.2. The Balaban J connectivity index is 2.05. The summed E-state index contributed by atoms with van der Waals surface area (Å²) in [5.41, 5.74) is 3.42. The Morgan fingerprint density at radius 3 is 2.50 bits per heavy atom. The van der Waals surface area contributed by atoms with Gasteiger partial charge >= 0.3 is 0 Å². The van der Waals surface area contributed by atoms with Gasteiger partial charge in [0.2, 0.25) is 10.0 Å². The van der Waals surface area contributed by atoms with Crippen LogP contribution in [0.4, 0.5) is 5.69 Å². The molecule has 0 unspecified atom stereocenters. The molecular weight excluding hydrogens is 382 g/mol. The summed E-state index contributed by atoms with van der Waals surface area (Å²) in [4.78, 5) is 12.2. The average molecular weight is 405 g/mol. The first-order valence-electron chi connectivity index (χ1n) is 8.50. The summed E-state index contributed by atoms with van der Waals surface area (Å²) >= 11 is 0. The fourth-order valence-corrected chi connectivity index (χ4v) is 3.20. The second-order valence-electron chi connectivity index (χ2n) is 5.77. The Labute approximate surface area is 164 Å². The number of ether oxygens (including phenoxy) is 2. The lowest BCUT2D eigenvalue weighted by Gasteiger charge is -2.21. The molecule has 0 aromatic heterocycles. The number of nitrogens with one attached hydrogen (secondary N) is 1. The summed E-state index contributed by atoms with van der Waals surface area (Å²) in [6, 6.07) is 13.6. The molecule has 0 saturated heterocycles. The Bertz CT molecular complexity index is 927. The first kappa shape index (κ1) is 21.2. The second kappa shape index (κ2) is 9.75. The van der Waals surface area contributed by atoms with Crippen LogP contribution in [-0.2, 0) is 14.8 Å². The van der Waals surface area contributed by atoms with Gasteiger partial charge in [-0.25, -0.2) is 13.8 Å². The van der Waals surface area contributed by atoms with Crippen LogP contribution in [0.25, 0.3) is 0 Å². The quantitative estimate of drug-likeness (QED) is 0.508. The molecular formula is C19H23N3O5S. The minimum atomic E-state index is -3.66. The average Bonchev–Trinajstić information content (AvgIpc) is 2.66. The molecule has 2 rings (SSSR count). The first-order valence-corrected chi connectivity index (χ1v) is 10.3.